The minimum atomic E-state index is -0.925. The Kier molecular flexibility index (Phi) is 2.60. The molecule has 1 aromatic heterocycles. The summed E-state index contributed by atoms with van der Waals surface area (Å²) in [5, 5.41) is 0.432. The molecule has 7 nitrogen and oxygen atoms in total. The van der Waals surface area contributed by atoms with Crippen molar-refractivity contribution < 1.29 is 23.6 Å². The molecule has 0 radical (unpaired) electrons. The molecule has 1 aliphatic rings. The van der Waals surface area contributed by atoms with E-state index in [1.165, 1.54) is 19.1 Å². The van der Waals surface area contributed by atoms with Gasteiger partial charge in [-0.15, -0.1) is 0 Å². The van der Waals surface area contributed by atoms with Crippen LogP contribution in [0, 0.1) is 6.92 Å². The zero-order chi connectivity index (χ0) is 14.3. The second kappa shape index (κ2) is 4.30. The van der Waals surface area contributed by atoms with Crippen LogP contribution >= 0.6 is 0 Å². The van der Waals surface area contributed by atoms with Crippen LogP contribution in [-0.2, 0) is 4.84 Å². The number of amides is 2. The van der Waals surface area contributed by atoms with E-state index in [1.807, 2.05) is 0 Å². The fourth-order valence-corrected chi connectivity index (χ4v) is 1.88. The summed E-state index contributed by atoms with van der Waals surface area (Å²) in [5.41, 5.74) is 0.311. The third kappa shape index (κ3) is 1.68. The Balaban J connectivity index is 1.87. The molecule has 0 aliphatic carbocycles. The minimum absolute atomic E-state index is 0.0819. The zero-order valence-corrected chi connectivity index (χ0v) is 10.3. The van der Waals surface area contributed by atoms with Gasteiger partial charge in [-0.3, -0.25) is 9.59 Å². The topological polar surface area (TPSA) is 89.7 Å². The average Bonchev–Trinajstić information content (AvgIpc) is 2.97. The molecule has 2 aromatic rings. The predicted octanol–water partition coefficient (Wildman–Crippen LogP) is 1.35. The molecule has 0 saturated carbocycles. The van der Waals surface area contributed by atoms with Crippen LogP contribution in [0.2, 0.25) is 0 Å². The summed E-state index contributed by atoms with van der Waals surface area (Å²) in [6, 6.07) is 6.23. The maximum Gasteiger partial charge on any atom is 0.385 e. The number of nitrogens with zero attached hydrogens (tertiary/aromatic N) is 2. The maximum absolute atomic E-state index is 12.0. The molecule has 1 aliphatic heterocycles. The van der Waals surface area contributed by atoms with Crippen LogP contribution in [0.15, 0.2) is 35.1 Å². The van der Waals surface area contributed by atoms with Gasteiger partial charge in [0.15, 0.2) is 12.1 Å². The van der Waals surface area contributed by atoms with E-state index in [2.05, 4.69) is 4.98 Å². The van der Waals surface area contributed by atoms with E-state index in [0.29, 0.717) is 5.06 Å². The van der Waals surface area contributed by atoms with E-state index in [9.17, 15) is 14.4 Å². The fraction of sp³-hybridized carbons (Fsp3) is 0.0769. The van der Waals surface area contributed by atoms with Crippen LogP contribution < -0.4 is 0 Å². The number of aryl methyl sites for hydroxylation is 1. The Bertz CT molecular complexity index is 699. The molecule has 7 heteroatoms. The lowest BCUT2D eigenvalue weighted by Gasteiger charge is -2.11. The lowest BCUT2D eigenvalue weighted by Crippen LogP contribution is -2.33. The first-order valence-electron chi connectivity index (χ1n) is 5.70. The van der Waals surface area contributed by atoms with Gasteiger partial charge in [0.05, 0.1) is 11.1 Å². The van der Waals surface area contributed by atoms with Crippen LogP contribution in [0.1, 0.15) is 37.0 Å². The number of benzene rings is 1. The highest BCUT2D eigenvalue weighted by Gasteiger charge is 2.39. The van der Waals surface area contributed by atoms with Crippen molar-refractivity contribution in [2.45, 2.75) is 6.92 Å². The van der Waals surface area contributed by atoms with Crippen LogP contribution in [-0.4, -0.2) is 27.8 Å². The molecule has 0 N–H and O–H groups in total. The Hall–Kier alpha value is -2.96. The van der Waals surface area contributed by atoms with Crippen molar-refractivity contribution in [3.05, 3.63) is 53.2 Å². The maximum atomic E-state index is 12.0. The summed E-state index contributed by atoms with van der Waals surface area (Å²) in [5.74, 6) is -2.04. The third-order valence-electron chi connectivity index (χ3n) is 2.87. The van der Waals surface area contributed by atoms with Crippen LogP contribution in [0.3, 0.4) is 0 Å². The van der Waals surface area contributed by atoms with Gasteiger partial charge in [-0.05, 0) is 19.1 Å². The van der Waals surface area contributed by atoms with Crippen LogP contribution in [0.5, 0.6) is 0 Å². The monoisotopic (exact) mass is 272 g/mol. The summed E-state index contributed by atoms with van der Waals surface area (Å²) >= 11 is 0. The van der Waals surface area contributed by atoms with Gasteiger partial charge in [0, 0.05) is 0 Å². The normalized spacial score (nSPS) is 13.6. The fourth-order valence-electron chi connectivity index (χ4n) is 1.88. The van der Waals surface area contributed by atoms with E-state index >= 15 is 0 Å². The first-order valence-corrected chi connectivity index (χ1v) is 5.70. The first-order chi connectivity index (χ1) is 9.59. The van der Waals surface area contributed by atoms with Gasteiger partial charge in [-0.2, -0.15) is 0 Å². The Labute approximate surface area is 112 Å². The lowest BCUT2D eigenvalue weighted by molar-refractivity contribution is -0.0589. The largest absolute Gasteiger partial charge is 0.448 e. The number of aromatic nitrogens is 1. The van der Waals surface area contributed by atoms with Crippen molar-refractivity contribution in [1.29, 1.82) is 0 Å². The van der Waals surface area contributed by atoms with E-state index in [-0.39, 0.29) is 22.6 Å². The van der Waals surface area contributed by atoms with Crippen molar-refractivity contribution in [3.8, 4) is 0 Å². The van der Waals surface area contributed by atoms with Crippen LogP contribution in [0.4, 0.5) is 0 Å². The van der Waals surface area contributed by atoms with Crippen molar-refractivity contribution in [2.24, 2.45) is 0 Å². The number of imide groups is 1. The molecule has 0 bridgehead atoms. The number of hydroxylamine groups is 2. The van der Waals surface area contributed by atoms with Crippen molar-refractivity contribution >= 4 is 17.8 Å². The van der Waals surface area contributed by atoms with Crippen molar-refractivity contribution in [2.75, 3.05) is 0 Å². The molecule has 0 spiro atoms. The predicted molar refractivity (Wildman–Crippen MR) is 63.6 cm³/mol. The van der Waals surface area contributed by atoms with Gasteiger partial charge in [0.1, 0.15) is 5.76 Å². The number of hydrogen-bond acceptors (Lipinski definition) is 6. The van der Waals surface area contributed by atoms with Gasteiger partial charge in [0.2, 0.25) is 0 Å². The lowest BCUT2D eigenvalue weighted by atomic mass is 10.1. The standard InChI is InChI=1S/C13H8N2O5/c1-7-10(14-6-19-7)13(18)20-15-11(16)8-4-2-3-5-9(8)12(15)17/h2-6H,1H3. The number of carbonyl (C=O) groups is 3. The highest BCUT2D eigenvalue weighted by molar-refractivity contribution is 6.21. The number of fused-ring (bicyclic) bond motifs is 1. The summed E-state index contributed by atoms with van der Waals surface area (Å²) < 4.78 is 4.87. The van der Waals surface area contributed by atoms with Crippen molar-refractivity contribution in [3.63, 3.8) is 0 Å². The SMILES string of the molecule is Cc1ocnc1C(=O)ON1C(=O)c2ccccc2C1=O. The Morgan fingerprint density at radius 3 is 2.30 bits per heavy atom. The molecule has 1 aromatic carbocycles. The molecule has 2 amide bonds. The highest BCUT2D eigenvalue weighted by atomic mass is 16.7. The van der Waals surface area contributed by atoms with E-state index in [1.54, 1.807) is 12.1 Å². The Morgan fingerprint density at radius 1 is 1.20 bits per heavy atom. The number of rotatable bonds is 2. The van der Waals surface area contributed by atoms with Crippen molar-refractivity contribution in [1.82, 2.24) is 10.0 Å². The van der Waals surface area contributed by atoms with Crippen LogP contribution in [0.25, 0.3) is 0 Å². The number of carbonyl (C=O) groups excluding carboxylic acids is 3. The van der Waals surface area contributed by atoms with Gasteiger partial charge >= 0.3 is 5.97 Å². The van der Waals surface area contributed by atoms with Gasteiger partial charge in [0.25, 0.3) is 11.8 Å². The summed E-state index contributed by atoms with van der Waals surface area (Å²) in [4.78, 5) is 44.3. The molecule has 0 fully saturated rings. The number of hydrogen-bond donors (Lipinski definition) is 0. The summed E-state index contributed by atoms with van der Waals surface area (Å²) in [7, 11) is 0. The number of oxazole rings is 1. The van der Waals surface area contributed by atoms with Gasteiger partial charge < -0.3 is 9.25 Å². The smallest absolute Gasteiger partial charge is 0.385 e. The average molecular weight is 272 g/mol. The minimum Gasteiger partial charge on any atom is -0.448 e. The Morgan fingerprint density at radius 2 is 1.80 bits per heavy atom. The molecule has 0 saturated heterocycles. The summed E-state index contributed by atoms with van der Waals surface area (Å²) in [6.07, 6.45) is 1.08. The molecule has 20 heavy (non-hydrogen) atoms. The van der Waals surface area contributed by atoms with E-state index < -0.39 is 17.8 Å². The first kappa shape index (κ1) is 12.1. The molecule has 2 heterocycles. The molecular formula is C13H8N2O5. The second-order valence-corrected chi connectivity index (χ2v) is 4.09. The third-order valence-corrected chi connectivity index (χ3v) is 2.87. The quantitative estimate of drug-likeness (QED) is 0.766. The molecular weight excluding hydrogens is 264 g/mol. The molecule has 0 atom stereocenters. The zero-order valence-electron chi connectivity index (χ0n) is 10.3. The van der Waals surface area contributed by atoms with E-state index in [0.717, 1.165) is 6.39 Å². The van der Waals surface area contributed by atoms with Gasteiger partial charge in [-0.25, -0.2) is 9.78 Å². The second-order valence-electron chi connectivity index (χ2n) is 4.09. The molecule has 100 valence electrons. The summed E-state index contributed by atoms with van der Waals surface area (Å²) in [6.45, 7) is 1.52. The van der Waals surface area contributed by atoms with E-state index in [4.69, 9.17) is 9.25 Å². The molecule has 0 unspecified atom stereocenters. The highest BCUT2D eigenvalue weighted by Crippen LogP contribution is 2.23. The molecule has 3 rings (SSSR count). The van der Waals surface area contributed by atoms with Gasteiger partial charge in [-0.1, -0.05) is 17.2 Å².